The zero-order valence-corrected chi connectivity index (χ0v) is 10.2. The van der Waals surface area contributed by atoms with Gasteiger partial charge < -0.3 is 4.74 Å². The molecule has 0 radical (unpaired) electrons. The third-order valence-electron chi connectivity index (χ3n) is 1.69. The second-order valence-corrected chi connectivity index (χ2v) is 3.45. The Balaban J connectivity index is 2.47. The average Bonchev–Trinajstić information content (AvgIpc) is 2.25. The van der Waals surface area contributed by atoms with Crippen molar-refractivity contribution in [3.05, 3.63) is 29.8 Å². The maximum atomic E-state index is 5.06. The maximum absolute atomic E-state index is 5.06. The number of nitrogens with zero attached hydrogens (tertiary/aromatic N) is 1. The van der Waals surface area contributed by atoms with E-state index in [0.29, 0.717) is 0 Å². The van der Waals surface area contributed by atoms with Crippen LogP contribution in [0.1, 0.15) is 5.56 Å². The van der Waals surface area contributed by atoms with Gasteiger partial charge in [-0.1, -0.05) is 0 Å². The highest BCUT2D eigenvalue weighted by molar-refractivity contribution is 14.1. The summed E-state index contributed by atoms with van der Waals surface area (Å²) in [5.74, 6) is 0.871. The molecule has 0 bridgehead atoms. The summed E-state index contributed by atoms with van der Waals surface area (Å²) in [5, 5.41) is 0. The van der Waals surface area contributed by atoms with Gasteiger partial charge in [0.05, 0.1) is 13.7 Å². The Bertz CT molecular complexity index is 285. The van der Waals surface area contributed by atoms with Crippen molar-refractivity contribution in [1.29, 1.82) is 0 Å². The van der Waals surface area contributed by atoms with Gasteiger partial charge in [-0.05, 0) is 29.8 Å². The molecule has 0 aliphatic rings. The molecule has 0 unspecified atom stereocenters. The van der Waals surface area contributed by atoms with Gasteiger partial charge in [-0.25, -0.2) is 0 Å². The molecule has 3 nitrogen and oxygen atoms in total. The number of halogens is 1. The molecule has 0 aliphatic heterocycles. The molecule has 0 fully saturated rings. The molecule has 14 heavy (non-hydrogen) atoms. The van der Waals surface area contributed by atoms with Crippen LogP contribution in [-0.4, -0.2) is 26.4 Å². The number of hydrogen-bond donors (Lipinski definition) is 1. The van der Waals surface area contributed by atoms with Crippen LogP contribution in [0, 0.1) is 0 Å². The summed E-state index contributed by atoms with van der Waals surface area (Å²) in [4.78, 5) is 4.25. The normalized spacial score (nSPS) is 10.7. The van der Waals surface area contributed by atoms with Crippen molar-refractivity contribution in [3.8, 4) is 5.75 Å². The molecule has 0 aliphatic carbocycles. The summed E-state index contributed by atoms with van der Waals surface area (Å²) in [6, 6.07) is 7.83. The number of hydrogen-bond acceptors (Lipinski definition) is 3. The van der Waals surface area contributed by atoms with Crippen LogP contribution in [0.25, 0.3) is 0 Å². The number of benzene rings is 1. The second-order valence-electron chi connectivity index (χ2n) is 2.69. The van der Waals surface area contributed by atoms with E-state index in [9.17, 15) is 0 Å². The van der Waals surface area contributed by atoms with Crippen LogP contribution in [0.2, 0.25) is 0 Å². The average molecular weight is 304 g/mol. The van der Waals surface area contributed by atoms with E-state index in [2.05, 4.69) is 31.4 Å². The lowest BCUT2D eigenvalue weighted by Crippen LogP contribution is -2.03. The van der Waals surface area contributed by atoms with Crippen LogP contribution >= 0.6 is 22.9 Å². The zero-order valence-electron chi connectivity index (χ0n) is 8.03. The minimum atomic E-state index is 0.801. The molecule has 0 saturated carbocycles. The lowest BCUT2D eigenvalue weighted by molar-refractivity contribution is 0.415. The monoisotopic (exact) mass is 304 g/mol. The van der Waals surface area contributed by atoms with Gasteiger partial charge >= 0.3 is 0 Å². The Hall–Kier alpha value is -0.620. The summed E-state index contributed by atoms with van der Waals surface area (Å²) >= 11 is 2.11. The van der Waals surface area contributed by atoms with E-state index in [-0.39, 0.29) is 0 Å². The Labute approximate surface area is 98.1 Å². The van der Waals surface area contributed by atoms with Gasteiger partial charge in [0.1, 0.15) is 5.75 Å². The summed E-state index contributed by atoms with van der Waals surface area (Å²) in [5.41, 5.74) is 1.10. The Morgan fingerprint density at radius 1 is 1.43 bits per heavy atom. The van der Waals surface area contributed by atoms with E-state index >= 15 is 0 Å². The minimum Gasteiger partial charge on any atom is -0.497 e. The van der Waals surface area contributed by atoms with E-state index in [1.54, 1.807) is 7.11 Å². The van der Waals surface area contributed by atoms with Gasteiger partial charge in [0.2, 0.25) is 0 Å². The lowest BCUT2D eigenvalue weighted by atomic mass is 10.2. The number of methoxy groups -OCH3 is 1. The first-order valence-electron chi connectivity index (χ1n) is 4.34. The van der Waals surface area contributed by atoms with Crippen molar-refractivity contribution < 1.29 is 4.74 Å². The number of rotatable bonds is 5. The molecule has 4 heteroatoms. The molecule has 0 heterocycles. The topological polar surface area (TPSA) is 33.6 Å². The molecule has 76 valence electrons. The van der Waals surface area contributed by atoms with E-state index < -0.39 is 0 Å². The smallest absolute Gasteiger partial charge is 0.118 e. The van der Waals surface area contributed by atoms with Crippen molar-refractivity contribution in [2.24, 2.45) is 4.99 Å². The van der Waals surface area contributed by atoms with Gasteiger partial charge in [-0.15, -0.1) is 0 Å². The highest BCUT2D eigenvalue weighted by Crippen LogP contribution is 2.09. The van der Waals surface area contributed by atoms with Crippen LogP contribution in [-0.2, 0) is 0 Å². The molecule has 1 N–H and O–H groups in total. The molecule has 0 amide bonds. The minimum absolute atomic E-state index is 0.801. The van der Waals surface area contributed by atoms with E-state index in [1.807, 2.05) is 30.5 Å². The van der Waals surface area contributed by atoms with Gasteiger partial charge in [0.25, 0.3) is 0 Å². The maximum Gasteiger partial charge on any atom is 0.118 e. The zero-order chi connectivity index (χ0) is 10.2. The fraction of sp³-hybridized carbons (Fsp3) is 0.300. The third kappa shape index (κ3) is 4.06. The molecule has 1 aromatic carbocycles. The number of ether oxygens (including phenoxy) is 1. The van der Waals surface area contributed by atoms with E-state index in [1.165, 1.54) is 0 Å². The molecule has 0 spiro atoms. The number of nitrogens with one attached hydrogen (secondary N) is 1. The molecule has 0 atom stereocenters. The first-order chi connectivity index (χ1) is 6.86. The Morgan fingerprint density at radius 3 is 2.71 bits per heavy atom. The fourth-order valence-electron chi connectivity index (χ4n) is 0.967. The standard InChI is InChI=1S/C10H13IN2O/c1-14-10-4-2-9(3-5-10)8-12-6-7-13-11/h2-5,8,13H,6-7H2,1H3/b12-8+. The van der Waals surface area contributed by atoms with Crippen molar-refractivity contribution in [2.75, 3.05) is 20.2 Å². The molecule has 0 aromatic heterocycles. The fourth-order valence-corrected chi connectivity index (χ4v) is 1.21. The quantitative estimate of drug-likeness (QED) is 0.391. The van der Waals surface area contributed by atoms with Gasteiger partial charge in [-0.2, -0.15) is 0 Å². The van der Waals surface area contributed by atoms with Crippen LogP contribution in [0.15, 0.2) is 29.3 Å². The van der Waals surface area contributed by atoms with Crippen molar-refractivity contribution in [1.82, 2.24) is 3.53 Å². The second kappa shape index (κ2) is 6.78. The molecule has 1 rings (SSSR count). The summed E-state index contributed by atoms with van der Waals surface area (Å²) in [6.07, 6.45) is 1.87. The van der Waals surface area contributed by atoms with Crippen LogP contribution in [0.4, 0.5) is 0 Å². The Kier molecular flexibility index (Phi) is 5.55. The largest absolute Gasteiger partial charge is 0.497 e. The molecular formula is C10H13IN2O. The van der Waals surface area contributed by atoms with E-state index in [4.69, 9.17) is 4.74 Å². The predicted molar refractivity (Wildman–Crippen MR) is 67.5 cm³/mol. The first kappa shape index (κ1) is 11.5. The van der Waals surface area contributed by atoms with Gasteiger partial charge in [-0.3, -0.25) is 8.52 Å². The van der Waals surface area contributed by atoms with Crippen LogP contribution in [0.5, 0.6) is 5.75 Å². The number of aliphatic imine (C=N–C) groups is 1. The molecule has 0 saturated heterocycles. The van der Waals surface area contributed by atoms with E-state index in [0.717, 1.165) is 24.4 Å². The van der Waals surface area contributed by atoms with Gasteiger partial charge in [0.15, 0.2) is 0 Å². The highest BCUT2D eigenvalue weighted by Gasteiger charge is 1.89. The van der Waals surface area contributed by atoms with Crippen molar-refractivity contribution in [2.45, 2.75) is 0 Å². The van der Waals surface area contributed by atoms with Gasteiger partial charge in [0, 0.05) is 35.6 Å². The predicted octanol–water partition coefficient (Wildman–Crippen LogP) is 2.05. The summed E-state index contributed by atoms with van der Waals surface area (Å²) in [6.45, 7) is 1.70. The SMILES string of the molecule is COc1ccc(/C=N/CCNI)cc1. The summed E-state index contributed by atoms with van der Waals surface area (Å²) < 4.78 is 8.07. The molecule has 1 aromatic rings. The lowest BCUT2D eigenvalue weighted by Gasteiger charge is -1.98. The van der Waals surface area contributed by atoms with Crippen molar-refractivity contribution in [3.63, 3.8) is 0 Å². The van der Waals surface area contributed by atoms with Crippen LogP contribution < -0.4 is 8.27 Å². The summed E-state index contributed by atoms with van der Waals surface area (Å²) in [7, 11) is 1.66. The highest BCUT2D eigenvalue weighted by atomic mass is 127. The van der Waals surface area contributed by atoms with Crippen molar-refractivity contribution >= 4 is 29.1 Å². The third-order valence-corrected chi connectivity index (χ3v) is 2.23. The Morgan fingerprint density at radius 2 is 2.14 bits per heavy atom. The van der Waals surface area contributed by atoms with Crippen LogP contribution in [0.3, 0.4) is 0 Å². The first-order valence-corrected chi connectivity index (χ1v) is 5.42. The molecular weight excluding hydrogens is 291 g/mol.